The van der Waals surface area contributed by atoms with Crippen molar-refractivity contribution in [1.29, 1.82) is 0 Å². The Bertz CT molecular complexity index is 611. The van der Waals surface area contributed by atoms with E-state index in [2.05, 4.69) is 21.2 Å². The predicted molar refractivity (Wildman–Crippen MR) is 80.9 cm³/mol. The number of anilines is 1. The van der Waals surface area contributed by atoms with E-state index in [1.165, 1.54) is 0 Å². The predicted octanol–water partition coefficient (Wildman–Crippen LogP) is 3.27. The normalized spacial score (nSPS) is 10.2. The Labute approximate surface area is 121 Å². The van der Waals surface area contributed by atoms with Gasteiger partial charge in [-0.05, 0) is 52.2 Å². The number of amides is 1. The summed E-state index contributed by atoms with van der Waals surface area (Å²) in [7, 11) is 0. The van der Waals surface area contributed by atoms with E-state index in [0.717, 1.165) is 21.3 Å². The van der Waals surface area contributed by atoms with Crippen LogP contribution in [0.1, 0.15) is 21.5 Å². The number of halogens is 1. The lowest BCUT2D eigenvalue weighted by Crippen LogP contribution is -2.23. The summed E-state index contributed by atoms with van der Waals surface area (Å²) in [6.45, 7) is 2.42. The maximum Gasteiger partial charge on any atom is 0.252 e. The first-order valence-corrected chi connectivity index (χ1v) is 6.75. The molecule has 98 valence electrons. The molecular weight excluding hydrogens is 304 g/mol. The zero-order chi connectivity index (χ0) is 13.8. The van der Waals surface area contributed by atoms with Gasteiger partial charge in [-0.15, -0.1) is 0 Å². The van der Waals surface area contributed by atoms with Gasteiger partial charge in [0, 0.05) is 16.7 Å². The number of nitrogens with two attached hydrogens (primary N) is 1. The van der Waals surface area contributed by atoms with Crippen LogP contribution >= 0.6 is 15.9 Å². The summed E-state index contributed by atoms with van der Waals surface area (Å²) in [5.74, 6) is -0.103. The molecule has 0 heterocycles. The summed E-state index contributed by atoms with van der Waals surface area (Å²) in [4.78, 5) is 12.1. The Hall–Kier alpha value is -1.81. The summed E-state index contributed by atoms with van der Waals surface area (Å²) < 4.78 is 0.789. The fourth-order valence-electron chi connectivity index (χ4n) is 1.81. The molecule has 0 bridgehead atoms. The van der Waals surface area contributed by atoms with Crippen LogP contribution in [0.4, 0.5) is 5.69 Å². The molecule has 0 fully saturated rings. The molecule has 0 aromatic heterocycles. The molecule has 0 unspecified atom stereocenters. The van der Waals surface area contributed by atoms with Gasteiger partial charge in [-0.1, -0.05) is 24.3 Å². The molecule has 0 aliphatic carbocycles. The molecule has 0 saturated heterocycles. The minimum absolute atomic E-state index is 0.103. The molecule has 2 aromatic carbocycles. The molecular formula is C15H15BrN2O. The number of benzene rings is 2. The van der Waals surface area contributed by atoms with Gasteiger partial charge in [0.1, 0.15) is 0 Å². The molecule has 2 aromatic rings. The lowest BCUT2D eigenvalue weighted by atomic mass is 10.1. The molecule has 0 aliphatic heterocycles. The average Bonchev–Trinajstić information content (AvgIpc) is 2.40. The second kappa shape index (κ2) is 5.89. The molecule has 0 saturated carbocycles. The molecule has 0 spiro atoms. The highest BCUT2D eigenvalue weighted by molar-refractivity contribution is 9.10. The SMILES string of the molecule is Cc1c(N)cccc1CNC(=O)c1ccccc1Br. The summed E-state index contributed by atoms with van der Waals surface area (Å²) in [6, 6.07) is 13.1. The van der Waals surface area contributed by atoms with Gasteiger partial charge in [0.2, 0.25) is 0 Å². The van der Waals surface area contributed by atoms with Crippen LogP contribution in [0.5, 0.6) is 0 Å². The summed E-state index contributed by atoms with van der Waals surface area (Å²) in [6.07, 6.45) is 0. The van der Waals surface area contributed by atoms with Gasteiger partial charge in [-0.25, -0.2) is 0 Å². The van der Waals surface area contributed by atoms with Gasteiger partial charge in [-0.3, -0.25) is 4.79 Å². The third-order valence-electron chi connectivity index (χ3n) is 3.05. The lowest BCUT2D eigenvalue weighted by molar-refractivity contribution is 0.0950. The van der Waals surface area contributed by atoms with Gasteiger partial charge in [-0.2, -0.15) is 0 Å². The topological polar surface area (TPSA) is 55.1 Å². The highest BCUT2D eigenvalue weighted by Gasteiger charge is 2.09. The van der Waals surface area contributed by atoms with E-state index in [1.807, 2.05) is 43.3 Å². The molecule has 0 atom stereocenters. The van der Waals surface area contributed by atoms with Crippen molar-refractivity contribution in [2.24, 2.45) is 0 Å². The van der Waals surface area contributed by atoms with Crippen molar-refractivity contribution in [3.8, 4) is 0 Å². The molecule has 3 nitrogen and oxygen atoms in total. The van der Waals surface area contributed by atoms with Gasteiger partial charge >= 0.3 is 0 Å². The molecule has 19 heavy (non-hydrogen) atoms. The Morgan fingerprint density at radius 3 is 2.68 bits per heavy atom. The molecule has 2 rings (SSSR count). The van der Waals surface area contributed by atoms with E-state index in [4.69, 9.17) is 5.73 Å². The van der Waals surface area contributed by atoms with E-state index in [1.54, 1.807) is 6.07 Å². The molecule has 1 amide bonds. The van der Waals surface area contributed by atoms with Crippen LogP contribution in [0, 0.1) is 6.92 Å². The Balaban J connectivity index is 2.09. The maximum absolute atomic E-state index is 12.1. The number of hydrogen-bond donors (Lipinski definition) is 2. The van der Waals surface area contributed by atoms with E-state index in [-0.39, 0.29) is 5.91 Å². The second-order valence-corrected chi connectivity index (χ2v) is 5.15. The highest BCUT2D eigenvalue weighted by atomic mass is 79.9. The smallest absolute Gasteiger partial charge is 0.252 e. The Morgan fingerprint density at radius 2 is 1.95 bits per heavy atom. The first-order chi connectivity index (χ1) is 9.09. The summed E-state index contributed by atoms with van der Waals surface area (Å²) in [5.41, 5.74) is 9.25. The summed E-state index contributed by atoms with van der Waals surface area (Å²) >= 11 is 3.37. The van der Waals surface area contributed by atoms with Crippen molar-refractivity contribution in [2.45, 2.75) is 13.5 Å². The second-order valence-electron chi connectivity index (χ2n) is 4.29. The molecule has 0 radical (unpaired) electrons. The molecule has 0 aliphatic rings. The number of nitrogen functional groups attached to an aromatic ring is 1. The van der Waals surface area contributed by atoms with Crippen molar-refractivity contribution in [1.82, 2.24) is 5.32 Å². The van der Waals surface area contributed by atoms with Gasteiger partial charge in [0.05, 0.1) is 5.56 Å². The number of nitrogens with one attached hydrogen (secondary N) is 1. The van der Waals surface area contributed by atoms with Crippen molar-refractivity contribution in [2.75, 3.05) is 5.73 Å². The van der Waals surface area contributed by atoms with E-state index < -0.39 is 0 Å². The van der Waals surface area contributed by atoms with Crippen LogP contribution in [0.25, 0.3) is 0 Å². The van der Waals surface area contributed by atoms with Crippen LogP contribution < -0.4 is 11.1 Å². The zero-order valence-electron chi connectivity index (χ0n) is 10.6. The van der Waals surface area contributed by atoms with Crippen LogP contribution in [-0.4, -0.2) is 5.91 Å². The van der Waals surface area contributed by atoms with Crippen molar-refractivity contribution >= 4 is 27.5 Å². The van der Waals surface area contributed by atoms with Crippen molar-refractivity contribution in [3.63, 3.8) is 0 Å². The van der Waals surface area contributed by atoms with Crippen molar-refractivity contribution in [3.05, 3.63) is 63.6 Å². The van der Waals surface area contributed by atoms with E-state index in [9.17, 15) is 4.79 Å². The Kier molecular flexibility index (Phi) is 4.22. The maximum atomic E-state index is 12.1. The quantitative estimate of drug-likeness (QED) is 0.853. The summed E-state index contributed by atoms with van der Waals surface area (Å²) in [5, 5.41) is 2.90. The highest BCUT2D eigenvalue weighted by Crippen LogP contribution is 2.17. The monoisotopic (exact) mass is 318 g/mol. The molecule has 3 N–H and O–H groups in total. The van der Waals surface area contributed by atoms with Crippen LogP contribution in [-0.2, 0) is 6.54 Å². The van der Waals surface area contributed by atoms with Crippen LogP contribution in [0.2, 0.25) is 0 Å². The average molecular weight is 319 g/mol. The third-order valence-corrected chi connectivity index (χ3v) is 3.74. The first-order valence-electron chi connectivity index (χ1n) is 5.96. The fourth-order valence-corrected chi connectivity index (χ4v) is 2.28. The van der Waals surface area contributed by atoms with Crippen LogP contribution in [0.15, 0.2) is 46.9 Å². The number of carbonyl (C=O) groups excluding carboxylic acids is 1. The number of rotatable bonds is 3. The zero-order valence-corrected chi connectivity index (χ0v) is 12.2. The van der Waals surface area contributed by atoms with Gasteiger partial charge in [0.25, 0.3) is 5.91 Å². The standard InChI is InChI=1S/C15H15BrN2O/c1-10-11(5-4-8-14(10)17)9-18-15(19)12-6-2-3-7-13(12)16/h2-8H,9,17H2,1H3,(H,18,19). The van der Waals surface area contributed by atoms with Gasteiger partial charge < -0.3 is 11.1 Å². The third kappa shape index (κ3) is 3.15. The van der Waals surface area contributed by atoms with E-state index in [0.29, 0.717) is 12.1 Å². The number of hydrogen-bond acceptors (Lipinski definition) is 2. The van der Waals surface area contributed by atoms with Crippen LogP contribution in [0.3, 0.4) is 0 Å². The number of carbonyl (C=O) groups is 1. The first kappa shape index (κ1) is 13.6. The minimum atomic E-state index is -0.103. The molecule has 4 heteroatoms. The minimum Gasteiger partial charge on any atom is -0.399 e. The lowest BCUT2D eigenvalue weighted by Gasteiger charge is -2.10. The van der Waals surface area contributed by atoms with Crippen molar-refractivity contribution < 1.29 is 4.79 Å². The Morgan fingerprint density at radius 1 is 1.21 bits per heavy atom. The van der Waals surface area contributed by atoms with E-state index >= 15 is 0 Å². The fraction of sp³-hybridized carbons (Fsp3) is 0.133. The van der Waals surface area contributed by atoms with Gasteiger partial charge in [0.15, 0.2) is 0 Å². The largest absolute Gasteiger partial charge is 0.399 e.